The second-order valence-electron chi connectivity index (χ2n) is 5.86. The van der Waals surface area contributed by atoms with E-state index in [2.05, 4.69) is 14.9 Å². The Labute approximate surface area is 142 Å². The molecule has 128 valence electrons. The van der Waals surface area contributed by atoms with Gasteiger partial charge in [-0.05, 0) is 24.7 Å². The van der Waals surface area contributed by atoms with Crippen LogP contribution < -0.4 is 4.90 Å². The van der Waals surface area contributed by atoms with E-state index in [1.54, 1.807) is 0 Å². The van der Waals surface area contributed by atoms with E-state index >= 15 is 0 Å². The van der Waals surface area contributed by atoms with E-state index in [0.29, 0.717) is 23.9 Å². The molecule has 2 aromatic rings. The number of hydrogen-bond donors (Lipinski definition) is 0. The molecule has 0 radical (unpaired) electrons. The van der Waals surface area contributed by atoms with Crippen molar-refractivity contribution in [3.8, 4) is 0 Å². The summed E-state index contributed by atoms with van der Waals surface area (Å²) in [7, 11) is 2.00. The summed E-state index contributed by atoms with van der Waals surface area (Å²) in [6.07, 6.45) is -3.49. The molecule has 0 unspecified atom stereocenters. The highest BCUT2D eigenvalue weighted by Crippen LogP contribution is 2.30. The number of alkyl halides is 3. The summed E-state index contributed by atoms with van der Waals surface area (Å²) in [6.45, 7) is 2.03. The van der Waals surface area contributed by atoms with Crippen molar-refractivity contribution in [2.75, 3.05) is 25.0 Å². The minimum Gasteiger partial charge on any atom is -0.353 e. The van der Waals surface area contributed by atoms with Crippen LogP contribution in [0.25, 0.3) is 0 Å². The molecule has 1 aromatic heterocycles. The van der Waals surface area contributed by atoms with Crippen LogP contribution >= 0.6 is 11.6 Å². The van der Waals surface area contributed by atoms with Crippen molar-refractivity contribution in [3.05, 3.63) is 52.9 Å². The third-order valence-corrected chi connectivity index (χ3v) is 4.35. The largest absolute Gasteiger partial charge is 0.433 e. The van der Waals surface area contributed by atoms with Crippen LogP contribution in [-0.2, 0) is 12.7 Å². The zero-order valence-electron chi connectivity index (χ0n) is 13.0. The lowest BCUT2D eigenvalue weighted by atomic mass is 10.1. The standard InChI is InChI=1S/C16H16ClF3N4/c1-23(7-11-2-4-12(17)5-3-11)13-8-24(9-13)15-6-14(16(18,19)20)21-10-22-15/h2-6,10,13H,7-9H2,1H3. The van der Waals surface area contributed by atoms with Crippen molar-refractivity contribution in [2.45, 2.75) is 18.8 Å². The summed E-state index contributed by atoms with van der Waals surface area (Å²) in [5, 5.41) is 0.695. The van der Waals surface area contributed by atoms with E-state index in [-0.39, 0.29) is 6.04 Å². The molecule has 0 aliphatic carbocycles. The Morgan fingerprint density at radius 3 is 2.50 bits per heavy atom. The third-order valence-electron chi connectivity index (χ3n) is 4.10. The summed E-state index contributed by atoms with van der Waals surface area (Å²) >= 11 is 5.87. The van der Waals surface area contributed by atoms with Crippen LogP contribution in [0.1, 0.15) is 11.3 Å². The first kappa shape index (κ1) is 17.0. The zero-order valence-corrected chi connectivity index (χ0v) is 13.7. The molecule has 1 aliphatic rings. The molecule has 3 rings (SSSR count). The molecule has 0 bridgehead atoms. The van der Waals surface area contributed by atoms with Crippen LogP contribution in [0.4, 0.5) is 19.0 Å². The van der Waals surface area contributed by atoms with Gasteiger partial charge < -0.3 is 4.90 Å². The molecule has 8 heteroatoms. The lowest BCUT2D eigenvalue weighted by Gasteiger charge is -2.44. The minimum atomic E-state index is -4.45. The molecule has 24 heavy (non-hydrogen) atoms. The Balaban J connectivity index is 1.58. The molecule has 2 heterocycles. The number of benzene rings is 1. The number of anilines is 1. The molecular weight excluding hydrogens is 341 g/mol. The lowest BCUT2D eigenvalue weighted by molar-refractivity contribution is -0.141. The normalized spacial score (nSPS) is 15.7. The van der Waals surface area contributed by atoms with Gasteiger partial charge in [-0.25, -0.2) is 9.97 Å². The fourth-order valence-corrected chi connectivity index (χ4v) is 2.73. The first-order valence-corrected chi connectivity index (χ1v) is 7.79. The SMILES string of the molecule is CN(Cc1ccc(Cl)cc1)C1CN(c2cc(C(F)(F)F)ncn2)C1. The van der Waals surface area contributed by atoms with Crippen LogP contribution in [0.5, 0.6) is 0 Å². The Bertz CT molecular complexity index is 699. The molecule has 0 saturated carbocycles. The number of nitrogens with zero attached hydrogens (tertiary/aromatic N) is 4. The van der Waals surface area contributed by atoms with Crippen LogP contribution in [0, 0.1) is 0 Å². The van der Waals surface area contributed by atoms with Crippen LogP contribution in [0.2, 0.25) is 5.02 Å². The monoisotopic (exact) mass is 356 g/mol. The van der Waals surface area contributed by atoms with Gasteiger partial charge >= 0.3 is 6.18 Å². The predicted octanol–water partition coefficient (Wildman–Crippen LogP) is 3.47. The highest BCUT2D eigenvalue weighted by molar-refractivity contribution is 6.30. The second-order valence-corrected chi connectivity index (χ2v) is 6.30. The smallest absolute Gasteiger partial charge is 0.353 e. The summed E-state index contributed by atoms with van der Waals surface area (Å²) in [5.41, 5.74) is 0.229. The van der Waals surface area contributed by atoms with E-state index in [1.807, 2.05) is 36.2 Å². The van der Waals surface area contributed by atoms with Gasteiger partial charge in [0, 0.05) is 36.8 Å². The number of hydrogen-bond acceptors (Lipinski definition) is 4. The van der Waals surface area contributed by atoms with Gasteiger partial charge in [-0.3, -0.25) is 4.90 Å². The molecule has 1 saturated heterocycles. The molecule has 0 atom stereocenters. The van der Waals surface area contributed by atoms with Crippen molar-refractivity contribution < 1.29 is 13.2 Å². The average Bonchev–Trinajstić information content (AvgIpc) is 2.48. The molecule has 4 nitrogen and oxygen atoms in total. The van der Waals surface area contributed by atoms with E-state index in [9.17, 15) is 13.2 Å². The van der Waals surface area contributed by atoms with Gasteiger partial charge in [0.25, 0.3) is 0 Å². The van der Waals surface area contributed by atoms with E-state index in [4.69, 9.17) is 11.6 Å². The van der Waals surface area contributed by atoms with Crippen molar-refractivity contribution in [1.29, 1.82) is 0 Å². The van der Waals surface area contributed by atoms with E-state index in [1.165, 1.54) is 0 Å². The molecule has 0 amide bonds. The number of likely N-dealkylation sites (N-methyl/N-ethyl adjacent to an activating group) is 1. The molecule has 1 aromatic carbocycles. The number of halogens is 4. The van der Waals surface area contributed by atoms with Crippen LogP contribution in [0.15, 0.2) is 36.7 Å². The predicted molar refractivity (Wildman–Crippen MR) is 86.0 cm³/mol. The maximum absolute atomic E-state index is 12.7. The summed E-state index contributed by atoms with van der Waals surface area (Å²) in [6, 6.07) is 8.89. The first-order chi connectivity index (χ1) is 11.3. The third kappa shape index (κ3) is 3.79. The highest BCUT2D eigenvalue weighted by Gasteiger charge is 2.35. The van der Waals surface area contributed by atoms with Crippen LogP contribution in [0.3, 0.4) is 0 Å². The summed E-state index contributed by atoms with van der Waals surface area (Å²) < 4.78 is 38.1. The number of rotatable bonds is 4. The van der Waals surface area contributed by atoms with Gasteiger partial charge in [-0.2, -0.15) is 13.2 Å². The maximum Gasteiger partial charge on any atom is 0.433 e. The fourth-order valence-electron chi connectivity index (χ4n) is 2.60. The highest BCUT2D eigenvalue weighted by atomic mass is 35.5. The topological polar surface area (TPSA) is 32.3 Å². The molecule has 1 aliphatic heterocycles. The van der Waals surface area contributed by atoms with Gasteiger partial charge in [0.15, 0.2) is 0 Å². The van der Waals surface area contributed by atoms with Crippen LogP contribution in [-0.4, -0.2) is 41.0 Å². The van der Waals surface area contributed by atoms with Gasteiger partial charge in [0.2, 0.25) is 0 Å². The van der Waals surface area contributed by atoms with E-state index in [0.717, 1.165) is 24.5 Å². The second kappa shape index (κ2) is 6.57. The number of aromatic nitrogens is 2. The van der Waals surface area contributed by atoms with Crippen molar-refractivity contribution in [2.24, 2.45) is 0 Å². The maximum atomic E-state index is 12.7. The molecule has 0 spiro atoms. The van der Waals surface area contributed by atoms with Crippen molar-refractivity contribution in [1.82, 2.24) is 14.9 Å². The Morgan fingerprint density at radius 1 is 1.21 bits per heavy atom. The molecule has 0 N–H and O–H groups in total. The molecular formula is C16H16ClF3N4. The summed E-state index contributed by atoms with van der Waals surface area (Å²) in [5.74, 6) is 0.313. The minimum absolute atomic E-state index is 0.269. The van der Waals surface area contributed by atoms with Crippen molar-refractivity contribution in [3.63, 3.8) is 0 Å². The molecule has 1 fully saturated rings. The zero-order chi connectivity index (χ0) is 17.3. The first-order valence-electron chi connectivity index (χ1n) is 7.42. The van der Waals surface area contributed by atoms with Gasteiger partial charge in [-0.1, -0.05) is 23.7 Å². The van der Waals surface area contributed by atoms with Crippen molar-refractivity contribution >= 4 is 17.4 Å². The lowest BCUT2D eigenvalue weighted by Crippen LogP contribution is -2.58. The van der Waals surface area contributed by atoms with E-state index < -0.39 is 11.9 Å². The Morgan fingerprint density at radius 2 is 1.88 bits per heavy atom. The fraction of sp³-hybridized carbons (Fsp3) is 0.375. The van der Waals surface area contributed by atoms with Gasteiger partial charge in [0.1, 0.15) is 17.8 Å². The quantitative estimate of drug-likeness (QED) is 0.839. The van der Waals surface area contributed by atoms with Gasteiger partial charge in [-0.15, -0.1) is 0 Å². The Kier molecular flexibility index (Phi) is 4.64. The Hall–Kier alpha value is -1.86. The summed E-state index contributed by atoms with van der Waals surface area (Å²) in [4.78, 5) is 11.2. The van der Waals surface area contributed by atoms with Gasteiger partial charge in [0.05, 0.1) is 0 Å². The average molecular weight is 357 g/mol.